The summed E-state index contributed by atoms with van der Waals surface area (Å²) in [5, 5.41) is -0.672. The van der Waals surface area contributed by atoms with Crippen molar-refractivity contribution in [3.8, 4) is 94.7 Å². The number of fused-ring (bicyclic) bond motifs is 7. The van der Waals surface area contributed by atoms with Gasteiger partial charge >= 0.3 is 0 Å². The molecule has 1 aromatic heterocycles. The lowest BCUT2D eigenvalue weighted by Crippen LogP contribution is -2.61. The molecule has 0 amide bonds. The van der Waals surface area contributed by atoms with Crippen LogP contribution in [0.2, 0.25) is 0 Å². The molecule has 18 rings (SSSR count). The van der Waals surface area contributed by atoms with Gasteiger partial charge in [0.05, 0.1) is 84.3 Å². The molecular formula is C108H96BN3. The lowest BCUT2D eigenvalue weighted by Gasteiger charge is -2.46. The second-order valence-electron chi connectivity index (χ2n) is 29.9. The van der Waals surface area contributed by atoms with Gasteiger partial charge in [-0.05, 0) is 200 Å². The number of anilines is 6. The fourth-order valence-electron chi connectivity index (χ4n) is 15.7. The molecule has 112 heavy (non-hydrogen) atoms. The van der Waals surface area contributed by atoms with Crippen LogP contribution in [0, 0.1) is 0 Å². The van der Waals surface area contributed by atoms with Gasteiger partial charge in [-0.3, -0.25) is 0 Å². The first-order valence-electron chi connectivity index (χ1n) is 57.8. The number of hydrogen-bond acceptors (Lipinski definition) is 2. The maximum absolute atomic E-state index is 11.5. The van der Waals surface area contributed by atoms with E-state index in [1.54, 1.807) is 0 Å². The predicted molar refractivity (Wildman–Crippen MR) is 483 cm³/mol. The van der Waals surface area contributed by atoms with Crippen molar-refractivity contribution in [3.63, 3.8) is 0 Å². The van der Waals surface area contributed by atoms with Gasteiger partial charge in [-0.15, -0.1) is 0 Å². The highest BCUT2D eigenvalue weighted by molar-refractivity contribution is 7.00. The zero-order valence-corrected chi connectivity index (χ0v) is 63.4. The molecule has 0 fully saturated rings. The van der Waals surface area contributed by atoms with E-state index in [9.17, 15) is 48.0 Å². The van der Waals surface area contributed by atoms with Crippen LogP contribution in [0.4, 0.5) is 34.1 Å². The first kappa shape index (κ1) is 39.1. The Bertz CT molecular complexity index is 8350. The van der Waals surface area contributed by atoms with Crippen molar-refractivity contribution in [1.82, 2.24) is 4.57 Å². The van der Waals surface area contributed by atoms with Gasteiger partial charge in [-0.1, -0.05) is 361 Å². The average molecular weight is 1490 g/mol. The van der Waals surface area contributed by atoms with Gasteiger partial charge in [-0.25, -0.2) is 0 Å². The maximum atomic E-state index is 11.5. The summed E-state index contributed by atoms with van der Waals surface area (Å²) >= 11 is 0. The van der Waals surface area contributed by atoms with Gasteiger partial charge in [0.2, 0.25) is 0 Å². The minimum atomic E-state index is -2.39. The molecule has 0 bridgehead atoms. The number of benzene rings is 15. The second-order valence-corrected chi connectivity index (χ2v) is 29.9. The topological polar surface area (TPSA) is 11.4 Å². The molecule has 0 saturated carbocycles. The lowest BCUT2D eigenvalue weighted by atomic mass is 9.33. The van der Waals surface area contributed by atoms with E-state index in [-0.39, 0.29) is 33.7 Å². The summed E-state index contributed by atoms with van der Waals surface area (Å²) in [7, 11) is 0. The summed E-state index contributed by atoms with van der Waals surface area (Å²) in [5.74, 6) is -1.85. The molecule has 0 saturated heterocycles. The minimum Gasteiger partial charge on any atom is -0.310 e. The van der Waals surface area contributed by atoms with Crippen molar-refractivity contribution in [2.24, 2.45) is 0 Å². The highest BCUT2D eigenvalue weighted by atomic mass is 15.2. The summed E-state index contributed by atoms with van der Waals surface area (Å²) in [6.07, 6.45) is 0. The minimum absolute atomic E-state index is 0.110. The van der Waals surface area contributed by atoms with Gasteiger partial charge < -0.3 is 14.4 Å². The zero-order valence-electron chi connectivity index (χ0n) is 104. The van der Waals surface area contributed by atoms with Crippen LogP contribution in [-0.4, -0.2) is 11.3 Å². The van der Waals surface area contributed by atoms with Crippen LogP contribution < -0.4 is 26.2 Å². The molecule has 3 heterocycles. The largest absolute Gasteiger partial charge is 0.310 e. The van der Waals surface area contributed by atoms with Crippen LogP contribution in [-0.2, 0) is 0 Å². The van der Waals surface area contributed by atoms with E-state index in [0.717, 1.165) is 39.1 Å². The van der Waals surface area contributed by atoms with Crippen LogP contribution in [0.15, 0.2) is 327 Å². The fraction of sp³-hybridized carbons (Fsp3) is 0.167. The first-order chi connectivity index (χ1) is 71.6. The summed E-state index contributed by atoms with van der Waals surface area (Å²) in [5.41, 5.74) is -12.7. The molecule has 15 aromatic carbocycles. The van der Waals surface area contributed by atoms with E-state index in [1.165, 1.54) is 41.0 Å². The number of nitrogens with zero attached hydrogens (tertiary/aromatic N) is 3. The summed E-state index contributed by atoms with van der Waals surface area (Å²) in [4.78, 5) is 2.08. The molecule has 0 aliphatic carbocycles. The summed E-state index contributed by atoms with van der Waals surface area (Å²) < 4.78 is 413. The van der Waals surface area contributed by atoms with Crippen LogP contribution in [0.5, 0.6) is 0 Å². The van der Waals surface area contributed by atoms with Gasteiger partial charge in [0.1, 0.15) is 0 Å². The van der Waals surface area contributed by atoms with E-state index in [2.05, 4.69) is 0 Å². The molecule has 0 atom stereocenters. The monoisotopic (exact) mass is 1490 g/mol. The normalized spacial score (nSPS) is 17.7. The predicted octanol–water partition coefficient (Wildman–Crippen LogP) is 28.9. The molecule has 2 aliphatic rings. The third-order valence-corrected chi connectivity index (χ3v) is 21.0. The van der Waals surface area contributed by atoms with Crippen molar-refractivity contribution >= 4 is 79.0 Å². The molecule has 16 aromatic rings. The summed E-state index contributed by atoms with van der Waals surface area (Å²) in [6.45, 7) is 20.9. The van der Waals surface area contributed by atoms with Crippen molar-refractivity contribution < 1.29 is 56.2 Å². The Morgan fingerprint density at radius 2 is 0.598 bits per heavy atom. The molecule has 4 heteroatoms. The third kappa shape index (κ3) is 12.4. The van der Waals surface area contributed by atoms with E-state index in [1.807, 2.05) is 107 Å². The Balaban J connectivity index is 1.22. The number of rotatable bonds is 17. The fourth-order valence-corrected chi connectivity index (χ4v) is 15.7. The highest BCUT2D eigenvalue weighted by Gasteiger charge is 2.46. The molecule has 546 valence electrons. The standard InChI is InChI=1S/C108H96BN3/c1-67(2)83-59-90(69(5)6)104(91(60-83)70(7)8)81-51-53-98-94(57-81)95-58-82(105-92(71(9)10)61-84(68(3)4)62-93(105)72(11)12)52-54-99(95)110(98)85-65-102-106-103(66-85)112(108-88(77-41-27-17-28-42-77)47-32-48-89(108)78-43-29-18-30-44-78)101-56-50-80(74-35-21-14-22-36-74)64-97(101)109(106)96-63-79(73-33-19-13-20-34-73)49-55-100(96)111(102)107-86(75-37-23-15-24-38-75)45-31-46-87(107)76-39-25-16-26-40-76/h13-72H,1-12H3/i13D,14D,15D,16D,17D,18D,19D,20D,21D,22D,23D,24D,25D,26D,27D,28D,29D,30D,33D,34D,35D,36D,37D,38D,39D,40D,41D,42D,43D,44D,49D,50D,51D,52D,53D,54D,55D,57D,58D,63D,64D. The van der Waals surface area contributed by atoms with Gasteiger partial charge in [0.15, 0.2) is 0 Å². The van der Waals surface area contributed by atoms with Crippen molar-refractivity contribution in [2.45, 2.75) is 119 Å². The van der Waals surface area contributed by atoms with Crippen LogP contribution in [0.3, 0.4) is 0 Å². The maximum Gasteiger partial charge on any atom is 0.252 e. The van der Waals surface area contributed by atoms with E-state index in [4.69, 9.17) is 8.22 Å². The quantitative estimate of drug-likeness (QED) is 0.0842. The number of aromatic nitrogens is 1. The van der Waals surface area contributed by atoms with Crippen LogP contribution in [0.25, 0.3) is 117 Å². The van der Waals surface area contributed by atoms with Gasteiger partial charge in [0, 0.05) is 55.8 Å². The van der Waals surface area contributed by atoms with E-state index in [0.29, 0.717) is 33.4 Å². The first-order valence-corrected chi connectivity index (χ1v) is 37.3. The third-order valence-electron chi connectivity index (χ3n) is 21.0. The Hall–Kier alpha value is -12.2. The van der Waals surface area contributed by atoms with Gasteiger partial charge in [0.25, 0.3) is 6.71 Å². The Morgan fingerprint density at radius 3 is 0.946 bits per heavy atom. The van der Waals surface area contributed by atoms with Crippen LogP contribution in [0.1, 0.15) is 208 Å². The zero-order chi connectivity index (χ0) is 112. The van der Waals surface area contributed by atoms with Crippen molar-refractivity contribution in [1.29, 1.82) is 0 Å². The molecule has 0 radical (unpaired) electrons. The Morgan fingerprint density at radius 1 is 0.277 bits per heavy atom. The summed E-state index contributed by atoms with van der Waals surface area (Å²) in [6, 6.07) is -22.2. The number of para-hydroxylation sites is 2. The Kier molecular flexibility index (Phi) is 10.2. The SMILES string of the molecule is [2H]c1cc2c(c([2H])c1-c1c([2H])c([2H])c([2H])c([2H])c1[2H])B1c3c(cc(-n4c5c([2H])c([2H])c(-c6c(C(C)C)cc(C(C)C)cc6C(C)C)c([2H])c5c5c([2H])c(-c6c(C(C)C)cc(C(C)C)cc6C(C)C)c([2H])c([2H])c54)cc3N(c3c(-c4c([2H])c([2H])c([2H])c([2H])c4[2H])cccc3-c3c([2H])c([2H])c([2H])c([2H])c3[2H])c3c([2H])c([2H])c(-c4c([2H])c([2H])c([2H])c([2H])c4[2H])c([2H])c31)N2c1c(-c2c([2H])c([2H])c([2H])c([2H])c2[2H])cccc1-c1c([2H])c([2H])c([2H])c([2H])c1[2H]. The molecular weight excluding hydrogens is 1350 g/mol. The molecule has 2 aliphatic heterocycles. The Labute approximate surface area is 720 Å². The highest BCUT2D eigenvalue weighted by Crippen LogP contribution is 2.55. The average Bonchev–Trinajstić information content (AvgIpc) is 1.62. The molecule has 0 spiro atoms. The molecule has 0 unspecified atom stereocenters. The molecule has 0 N–H and O–H groups in total. The lowest BCUT2D eigenvalue weighted by molar-refractivity contribution is 0.807. The van der Waals surface area contributed by atoms with E-state index < -0.39 is 412 Å². The van der Waals surface area contributed by atoms with Gasteiger partial charge in [-0.2, -0.15) is 0 Å². The molecule has 3 nitrogen and oxygen atoms in total. The van der Waals surface area contributed by atoms with E-state index >= 15 is 0 Å². The second kappa shape index (κ2) is 29.2. The van der Waals surface area contributed by atoms with Crippen molar-refractivity contribution in [3.05, 3.63) is 360 Å². The van der Waals surface area contributed by atoms with Crippen molar-refractivity contribution in [2.75, 3.05) is 9.80 Å². The van der Waals surface area contributed by atoms with Crippen LogP contribution >= 0.6 is 0 Å². The smallest absolute Gasteiger partial charge is 0.252 e. The number of hydrogen-bond donors (Lipinski definition) is 0.